The number of carbonyl (C=O) groups excluding carboxylic acids is 12. The number of hydrogen-bond donors (Lipinski definition) is 0. The van der Waals surface area contributed by atoms with Crippen molar-refractivity contribution in [1.82, 2.24) is 0 Å². The van der Waals surface area contributed by atoms with Crippen LogP contribution in [0.15, 0.2) is 18.2 Å². The Morgan fingerprint density at radius 2 is 0.336 bits per heavy atom. The molecule has 0 N–H and O–H groups in total. The lowest BCUT2D eigenvalue weighted by molar-refractivity contribution is -0.167. The number of phosphoric ester groups is 1. The molecule has 12 spiro atoms. The molecule has 51 rings (SSSR count). The lowest BCUT2D eigenvalue weighted by atomic mass is 9.63. The first-order valence-electron chi connectivity index (χ1n) is 46.7. The van der Waals surface area contributed by atoms with E-state index in [4.69, 9.17) is 84.6 Å². The molecule has 52 bridgehead atoms. The van der Waals surface area contributed by atoms with Gasteiger partial charge in [-0.2, -0.15) is 0 Å². The molecule has 0 amide bonds. The highest BCUT2D eigenvalue weighted by Crippen LogP contribution is 3.17. The van der Waals surface area contributed by atoms with Gasteiger partial charge in [0.05, 0.1) is 167 Å². The standard InChI is InChI=1S/C105H51O31P/c1-119-76(106)100-82(112)128-10-7-125-22-25-19-26-21-27(20-25)24-127-9-12-130-84(114)102(78(108)121-3)90-53-28-31-55-34-40-61-43-37-58-32-29(52(28)88(55,100)91(58,61)100)54-30(53)33-57(90)36-42-62-44-38(59(31)92(62,90)102)64(34)94-67(40)46-49-73-50-47-68-41-35-56(32)89(54)93(101(89,77(107)120-2)83(113)129-11-8-126-23-26)60(33)39-45(63(41)93)72(47)99-75(50)51-48-69(42)96(99,66(36)39)105(99,81(111)124-6)87(117)133-15-18-136-137(118,134-16-13-131-85(115)103(94,79(109)122-4)98(94,71(44)48)74(49)51)135-17-14-132-86(116)104(80(110)123-5)95(68,65(35)37)97(73,104)70(43)46/h19-21H,7-18,22-24H2,1-6H3. The van der Waals surface area contributed by atoms with Crippen molar-refractivity contribution >= 4 is 79.5 Å². The van der Waals surface area contributed by atoms with Crippen molar-refractivity contribution in [2.45, 2.75) is 84.8 Å². The van der Waals surface area contributed by atoms with Gasteiger partial charge in [-0.25, -0.2) is 4.57 Å². The summed E-state index contributed by atoms with van der Waals surface area (Å²) in [6.07, 6.45) is 0. The van der Waals surface area contributed by atoms with Gasteiger partial charge in [0.2, 0.25) is 0 Å². The van der Waals surface area contributed by atoms with Crippen molar-refractivity contribution in [2.24, 2.45) is 32.5 Å². The maximum atomic E-state index is 18.9. The minimum atomic E-state index is -5.13. The summed E-state index contributed by atoms with van der Waals surface area (Å²) < 4.78 is 138. The topological polar surface area (TPSA) is 388 Å². The molecule has 12 aliphatic heterocycles. The molecule has 0 saturated heterocycles. The Bertz CT molecular complexity index is 7210. The summed E-state index contributed by atoms with van der Waals surface area (Å²) in [5, 5.41) is 0. The highest BCUT2D eigenvalue weighted by molar-refractivity contribution is 7.48. The normalized spacial score (nSPS) is 40.9. The molecule has 31 nitrogen and oxygen atoms in total. The number of esters is 12. The van der Waals surface area contributed by atoms with Crippen molar-refractivity contribution in [2.75, 3.05) is 122 Å². The van der Waals surface area contributed by atoms with Crippen LogP contribution >= 0.6 is 7.82 Å². The van der Waals surface area contributed by atoms with E-state index in [1.54, 1.807) is 0 Å². The summed E-state index contributed by atoms with van der Waals surface area (Å²) in [4.78, 5) is 224. The Balaban J connectivity index is 0.826. The number of benzene rings is 9. The van der Waals surface area contributed by atoms with Crippen molar-refractivity contribution < 1.29 is 147 Å². The molecule has 9 aromatic carbocycles. The highest BCUT2D eigenvalue weighted by Gasteiger charge is 3.19. The smallest absolute Gasteiger partial charge is 0.468 e. The first kappa shape index (κ1) is 68.6. The van der Waals surface area contributed by atoms with Gasteiger partial charge in [0, 0.05) is 0 Å². The fraction of sp³-hybridized carbons (Fsp3) is 0.371. The molecule has 6 saturated carbocycles. The van der Waals surface area contributed by atoms with Crippen LogP contribution in [0.3, 0.4) is 0 Å². The lowest BCUT2D eigenvalue weighted by Crippen LogP contribution is -2.40. The Labute approximate surface area is 763 Å². The van der Waals surface area contributed by atoms with Crippen LogP contribution in [0.1, 0.15) is 150 Å². The van der Waals surface area contributed by atoms with E-state index in [2.05, 4.69) is 0 Å². The molecule has 9 aromatic rings. The molecule has 662 valence electrons. The van der Waals surface area contributed by atoms with Gasteiger partial charge < -0.3 is 71.1 Å². The molecule has 42 aliphatic rings. The van der Waals surface area contributed by atoms with Gasteiger partial charge in [0.25, 0.3) is 0 Å². The van der Waals surface area contributed by atoms with Gasteiger partial charge in [-0.3, -0.25) is 71.1 Å². The molecule has 0 aromatic heterocycles. The first-order chi connectivity index (χ1) is 66.7. The zero-order chi connectivity index (χ0) is 90.3. The summed E-state index contributed by atoms with van der Waals surface area (Å²) in [6, 6.07) is 5.60. The van der Waals surface area contributed by atoms with Crippen LogP contribution in [0.4, 0.5) is 0 Å². The quantitative estimate of drug-likeness (QED) is 0.0763. The monoisotopic (exact) mass is 1840 g/mol. The third-order valence-electron chi connectivity index (χ3n) is 43.5. The van der Waals surface area contributed by atoms with E-state index in [9.17, 15) is 0 Å². The van der Waals surface area contributed by atoms with E-state index in [1.165, 1.54) is 42.7 Å². The fourth-order valence-corrected chi connectivity index (χ4v) is 44.9. The minimum Gasteiger partial charge on any atom is -0.468 e. The van der Waals surface area contributed by atoms with E-state index >= 15 is 62.1 Å². The van der Waals surface area contributed by atoms with Gasteiger partial charge in [-0.1, -0.05) is 18.2 Å². The van der Waals surface area contributed by atoms with E-state index in [1.807, 2.05) is 18.2 Å². The maximum Gasteiger partial charge on any atom is 0.475 e. The van der Waals surface area contributed by atoms with Gasteiger partial charge >= 0.3 is 79.5 Å². The second-order valence-electron chi connectivity index (χ2n) is 43.5. The third kappa shape index (κ3) is 4.04. The predicted octanol–water partition coefficient (Wildman–Crippen LogP) is 6.29. The molecule has 32 heteroatoms. The number of carbonyl (C=O) groups is 12. The van der Waals surface area contributed by atoms with Crippen molar-refractivity contribution in [3.8, 4) is 134 Å². The van der Waals surface area contributed by atoms with E-state index in [-0.39, 0.29) is 39.6 Å². The molecule has 0 radical (unpaired) electrons. The summed E-state index contributed by atoms with van der Waals surface area (Å²) in [5.74, 6) is -13.2. The van der Waals surface area contributed by atoms with Crippen LogP contribution < -0.4 is 0 Å². The van der Waals surface area contributed by atoms with Crippen molar-refractivity contribution in [3.05, 3.63) is 168 Å². The Hall–Kier alpha value is -13.4. The number of phosphoric acid groups is 1. The zero-order valence-electron chi connectivity index (χ0n) is 71.9. The highest BCUT2D eigenvalue weighted by atomic mass is 31.2. The molecule has 18 unspecified atom stereocenters. The molecular formula is C105H51O31P. The van der Waals surface area contributed by atoms with E-state index in [0.717, 1.165) is 0 Å². The summed E-state index contributed by atoms with van der Waals surface area (Å²) in [7, 11) is 2.14. The van der Waals surface area contributed by atoms with Crippen molar-refractivity contribution in [3.63, 3.8) is 0 Å². The zero-order valence-corrected chi connectivity index (χ0v) is 72.8. The van der Waals surface area contributed by atoms with Crippen LogP contribution in [0.2, 0.25) is 0 Å². The van der Waals surface area contributed by atoms with Gasteiger partial charge in [0.1, 0.15) is 39.6 Å². The molecule has 137 heavy (non-hydrogen) atoms. The Morgan fingerprint density at radius 3 is 0.460 bits per heavy atom. The minimum absolute atomic E-state index is 0.0771. The average Bonchev–Trinajstić information content (AvgIpc) is 1.30. The summed E-state index contributed by atoms with van der Waals surface area (Å²) >= 11 is 0. The summed E-state index contributed by atoms with van der Waals surface area (Å²) in [5.41, 5.74) is -26.1. The second-order valence-corrected chi connectivity index (χ2v) is 45.2. The molecule has 12 heterocycles. The van der Waals surface area contributed by atoms with Crippen LogP contribution in [-0.2, 0) is 232 Å². The predicted molar refractivity (Wildman–Crippen MR) is 442 cm³/mol. The van der Waals surface area contributed by atoms with E-state index in [0.29, 0.717) is 284 Å². The van der Waals surface area contributed by atoms with Crippen molar-refractivity contribution in [1.29, 1.82) is 0 Å². The molecule has 18 atom stereocenters. The lowest BCUT2D eigenvalue weighted by Gasteiger charge is -2.37. The number of methoxy groups -OCH3 is 6. The number of rotatable bonds is 6. The largest absolute Gasteiger partial charge is 0.475 e. The van der Waals surface area contributed by atoms with Gasteiger partial charge in [-0.05, 0) is 284 Å². The third-order valence-corrected chi connectivity index (χ3v) is 45.0. The average molecular weight is 1840 g/mol. The maximum absolute atomic E-state index is 18.9. The Morgan fingerprint density at radius 1 is 0.212 bits per heavy atom. The molecule has 30 aliphatic carbocycles. The molecule has 6 fully saturated rings. The van der Waals surface area contributed by atoms with Crippen LogP contribution in [-0.4, -0.2) is 194 Å². The SMILES string of the molecule is COC(=O)C12C(=O)OCCOCc3cc4cc(c3)COCCOC(=O)C3(C(=O)OC)C56c7c8c9c%10c%11c7-c7c%12c%13c%14c%15c7C35c3c5c7c%16c(c3-%15)C3%15c%17c-%16c%16c%18c%19c%17-c%17c%20c-%13c%13c%21c%17C%19%17C%19(C(=O)OC)C(=O)OCCOP(=O)(OCCOC(=O)C%22(C(=O)OC)C7%23c7c-5c6c-8c5c7-c6c7c8c(c-%18c6C%16%22%23)C%19%17c6c-8c(c-%10c(c6-%21)C%136C(C(=O)OC)(C(=O)OCCOC4)C%11%126)C91C572)OCCOC(=O)C3(C(=O)OC)C%14%20%15. The fourth-order valence-electron chi connectivity index (χ4n) is 43.8. The van der Waals surface area contributed by atoms with Gasteiger partial charge in [0.15, 0.2) is 32.5 Å². The van der Waals surface area contributed by atoms with Crippen LogP contribution in [0.25, 0.3) is 134 Å². The summed E-state index contributed by atoms with van der Waals surface area (Å²) in [6.45, 7) is -7.17. The van der Waals surface area contributed by atoms with Crippen LogP contribution in [0, 0.1) is 32.5 Å². The number of hydrogen-bond acceptors (Lipinski definition) is 31. The second kappa shape index (κ2) is 17.1. The Kier molecular flexibility index (Phi) is 8.56. The van der Waals surface area contributed by atoms with E-state index < -0.39 is 236 Å². The van der Waals surface area contributed by atoms with Crippen LogP contribution in [0.5, 0.6) is 0 Å². The molecular weight excluding hydrogens is 1790 g/mol. The first-order valence-corrected chi connectivity index (χ1v) is 48.2. The number of ether oxygens (including phenoxy) is 15. The van der Waals surface area contributed by atoms with Gasteiger partial charge in [-0.15, -0.1) is 0 Å².